The molecule has 0 saturated carbocycles. The van der Waals surface area contributed by atoms with Gasteiger partial charge in [-0.2, -0.15) is 24.9 Å². The van der Waals surface area contributed by atoms with Crippen LogP contribution in [-0.4, -0.2) is 38.1 Å². The molecular weight excluding hydrogens is 335 g/mol. The van der Waals surface area contributed by atoms with Crippen molar-refractivity contribution in [3.63, 3.8) is 0 Å². The quantitative estimate of drug-likeness (QED) is 0.355. The van der Waals surface area contributed by atoms with Crippen molar-refractivity contribution in [3.8, 4) is 11.8 Å². The minimum atomic E-state index is -4.35. The summed E-state index contributed by atoms with van der Waals surface area (Å²) in [6.45, 7) is 1.13. The zero-order chi connectivity index (χ0) is 17.8. The van der Waals surface area contributed by atoms with Crippen LogP contribution in [0.3, 0.4) is 0 Å². The van der Waals surface area contributed by atoms with E-state index in [2.05, 4.69) is 33.7 Å². The Hall–Kier alpha value is -1.81. The first kappa shape index (κ1) is 20.2. The first-order valence-corrected chi connectivity index (χ1v) is 8.96. The van der Waals surface area contributed by atoms with Gasteiger partial charge in [-0.25, -0.2) is 0 Å². The highest BCUT2D eigenvalue weighted by atomic mass is 32.2. The molecule has 0 unspecified atom stereocenters. The van der Waals surface area contributed by atoms with Gasteiger partial charge in [-0.05, 0) is 43.0 Å². The van der Waals surface area contributed by atoms with E-state index in [0.717, 1.165) is 37.3 Å². The monoisotopic (exact) mass is 357 g/mol. The first-order valence-electron chi connectivity index (χ1n) is 7.57. The normalized spacial score (nSPS) is 11.6. The third kappa shape index (κ3) is 8.16. The lowest BCUT2D eigenvalue weighted by Crippen LogP contribution is -2.37. The smallest absolute Gasteiger partial charge is 0.356 e. The minimum Gasteiger partial charge on any atom is -0.356 e. The highest BCUT2D eigenvalue weighted by Gasteiger charge is 2.30. The van der Waals surface area contributed by atoms with Gasteiger partial charge in [0.15, 0.2) is 5.96 Å². The van der Waals surface area contributed by atoms with E-state index in [9.17, 15) is 13.2 Å². The second kappa shape index (κ2) is 10.9. The van der Waals surface area contributed by atoms with Crippen molar-refractivity contribution in [2.75, 3.05) is 32.1 Å². The summed E-state index contributed by atoms with van der Waals surface area (Å²) in [6, 6.07) is 4.99. The highest BCUT2D eigenvalue weighted by Crippen LogP contribution is 2.29. The Kier molecular flexibility index (Phi) is 9.16. The molecule has 0 aromatic heterocycles. The maximum atomic E-state index is 12.6. The molecule has 24 heavy (non-hydrogen) atoms. The van der Waals surface area contributed by atoms with Crippen molar-refractivity contribution < 1.29 is 13.2 Å². The van der Waals surface area contributed by atoms with Gasteiger partial charge in [-0.1, -0.05) is 17.9 Å². The molecule has 1 rings (SSSR count). The van der Waals surface area contributed by atoms with Crippen LogP contribution in [0.2, 0.25) is 0 Å². The number of rotatable bonds is 6. The maximum Gasteiger partial charge on any atom is 0.416 e. The number of aliphatic imine (C=N–C) groups is 1. The Labute approximate surface area is 145 Å². The fraction of sp³-hybridized carbons (Fsp3) is 0.471. The summed E-state index contributed by atoms with van der Waals surface area (Å²) >= 11 is 1.82. The van der Waals surface area contributed by atoms with Gasteiger partial charge in [-0.15, -0.1) is 0 Å². The summed E-state index contributed by atoms with van der Waals surface area (Å²) in [4.78, 5) is 4.07. The number of hydrogen-bond donors (Lipinski definition) is 2. The second-order valence-electron chi connectivity index (χ2n) is 4.93. The molecule has 0 amide bonds. The van der Waals surface area contributed by atoms with Crippen molar-refractivity contribution in [2.24, 2.45) is 4.99 Å². The largest absolute Gasteiger partial charge is 0.416 e. The molecule has 0 aliphatic carbocycles. The molecule has 0 bridgehead atoms. The summed E-state index contributed by atoms with van der Waals surface area (Å²) in [7, 11) is 1.66. The lowest BCUT2D eigenvalue weighted by atomic mass is 10.1. The number of unbranched alkanes of at least 4 members (excludes halogenated alkanes) is 1. The predicted octanol–water partition coefficient (Wildman–Crippen LogP) is 3.37. The molecule has 0 atom stereocenters. The van der Waals surface area contributed by atoms with Crippen LogP contribution in [0.1, 0.15) is 24.0 Å². The third-order valence-corrected chi connectivity index (χ3v) is 3.76. The number of alkyl halides is 3. The van der Waals surface area contributed by atoms with E-state index in [-0.39, 0.29) is 0 Å². The fourth-order valence-electron chi connectivity index (χ4n) is 1.85. The second-order valence-corrected chi connectivity index (χ2v) is 5.92. The molecule has 132 valence electrons. The van der Waals surface area contributed by atoms with Gasteiger partial charge in [0.1, 0.15) is 0 Å². The van der Waals surface area contributed by atoms with Crippen LogP contribution < -0.4 is 10.6 Å². The van der Waals surface area contributed by atoms with E-state index < -0.39 is 11.7 Å². The molecular formula is C17H22F3N3S. The van der Waals surface area contributed by atoms with Crippen LogP contribution >= 0.6 is 11.8 Å². The first-order chi connectivity index (χ1) is 11.5. The van der Waals surface area contributed by atoms with Gasteiger partial charge in [0, 0.05) is 19.2 Å². The van der Waals surface area contributed by atoms with E-state index >= 15 is 0 Å². The van der Waals surface area contributed by atoms with Crippen LogP contribution in [0.25, 0.3) is 0 Å². The van der Waals surface area contributed by atoms with Crippen molar-refractivity contribution in [2.45, 2.75) is 19.0 Å². The minimum absolute atomic E-state index is 0.306. The van der Waals surface area contributed by atoms with E-state index in [1.54, 1.807) is 13.1 Å². The summed E-state index contributed by atoms with van der Waals surface area (Å²) in [5.41, 5.74) is -0.350. The van der Waals surface area contributed by atoms with Crippen molar-refractivity contribution in [3.05, 3.63) is 35.4 Å². The van der Waals surface area contributed by atoms with Crippen molar-refractivity contribution in [1.82, 2.24) is 10.6 Å². The summed E-state index contributed by atoms with van der Waals surface area (Å²) in [5, 5.41) is 6.18. The fourth-order valence-corrected chi connectivity index (χ4v) is 2.34. The number of thioether (sulfide) groups is 1. The van der Waals surface area contributed by atoms with Gasteiger partial charge < -0.3 is 10.6 Å². The molecule has 0 fully saturated rings. The molecule has 0 saturated heterocycles. The molecule has 0 aliphatic rings. The van der Waals surface area contributed by atoms with Crippen LogP contribution in [0.4, 0.5) is 13.2 Å². The summed E-state index contributed by atoms with van der Waals surface area (Å²) < 4.78 is 37.9. The zero-order valence-corrected chi connectivity index (χ0v) is 14.7. The molecule has 0 aliphatic heterocycles. The van der Waals surface area contributed by atoms with Gasteiger partial charge in [0.25, 0.3) is 0 Å². The topological polar surface area (TPSA) is 36.4 Å². The Bertz CT molecular complexity index is 589. The standard InChI is InChI=1S/C17H22F3N3S/c1-21-16(22-10-3-4-12-24-2)23-11-6-8-14-7-5-9-15(13-14)17(18,19)20/h5,7,9,13H,3-4,10-12H2,1-2H3,(H2,21,22,23). The lowest BCUT2D eigenvalue weighted by Gasteiger charge is -2.09. The Morgan fingerprint density at radius 2 is 2.04 bits per heavy atom. The maximum absolute atomic E-state index is 12.6. The Morgan fingerprint density at radius 3 is 2.71 bits per heavy atom. The lowest BCUT2D eigenvalue weighted by molar-refractivity contribution is -0.137. The number of halogens is 3. The molecule has 7 heteroatoms. The molecule has 1 aromatic carbocycles. The number of hydrogen-bond acceptors (Lipinski definition) is 2. The SMILES string of the molecule is CN=C(NCC#Cc1cccc(C(F)(F)F)c1)NCCCCSC. The number of nitrogens with zero attached hydrogens (tertiary/aromatic N) is 1. The van der Waals surface area contributed by atoms with E-state index in [1.165, 1.54) is 6.07 Å². The van der Waals surface area contributed by atoms with E-state index in [1.807, 2.05) is 11.8 Å². The van der Waals surface area contributed by atoms with E-state index in [0.29, 0.717) is 18.1 Å². The molecule has 0 radical (unpaired) electrons. The van der Waals surface area contributed by atoms with Crippen LogP contribution in [0.5, 0.6) is 0 Å². The van der Waals surface area contributed by atoms with Gasteiger partial charge in [0.05, 0.1) is 12.1 Å². The average Bonchev–Trinajstić information content (AvgIpc) is 2.56. The van der Waals surface area contributed by atoms with Crippen molar-refractivity contribution >= 4 is 17.7 Å². The summed E-state index contributed by atoms with van der Waals surface area (Å²) in [5.74, 6) is 7.30. The van der Waals surface area contributed by atoms with Crippen LogP contribution in [0.15, 0.2) is 29.3 Å². The molecule has 2 N–H and O–H groups in total. The zero-order valence-electron chi connectivity index (χ0n) is 13.8. The van der Waals surface area contributed by atoms with Crippen LogP contribution in [0, 0.1) is 11.8 Å². The number of benzene rings is 1. The Balaban J connectivity index is 2.43. The predicted molar refractivity (Wildman–Crippen MR) is 95.3 cm³/mol. The summed E-state index contributed by atoms with van der Waals surface area (Å²) in [6.07, 6.45) is -0.0763. The third-order valence-electron chi connectivity index (χ3n) is 3.06. The molecule has 1 aromatic rings. The average molecular weight is 357 g/mol. The van der Waals surface area contributed by atoms with Crippen LogP contribution in [-0.2, 0) is 6.18 Å². The van der Waals surface area contributed by atoms with Crippen molar-refractivity contribution in [1.29, 1.82) is 0 Å². The van der Waals surface area contributed by atoms with Gasteiger partial charge in [0.2, 0.25) is 0 Å². The van der Waals surface area contributed by atoms with Gasteiger partial charge in [-0.3, -0.25) is 4.99 Å². The molecule has 0 spiro atoms. The van der Waals surface area contributed by atoms with Gasteiger partial charge >= 0.3 is 6.18 Å². The van der Waals surface area contributed by atoms with E-state index in [4.69, 9.17) is 0 Å². The number of nitrogens with one attached hydrogen (secondary N) is 2. The molecule has 3 nitrogen and oxygen atoms in total. The Morgan fingerprint density at radius 1 is 1.25 bits per heavy atom. The number of guanidine groups is 1. The highest BCUT2D eigenvalue weighted by molar-refractivity contribution is 7.98. The molecule has 0 heterocycles.